The Balaban J connectivity index is 1.58. The maximum atomic E-state index is 12.8. The fourth-order valence-corrected chi connectivity index (χ4v) is 3.30. The van der Waals surface area contributed by atoms with Crippen molar-refractivity contribution in [3.63, 3.8) is 0 Å². The number of ether oxygens (including phenoxy) is 1. The third kappa shape index (κ3) is 5.10. The summed E-state index contributed by atoms with van der Waals surface area (Å²) in [4.78, 5) is 12.8. The van der Waals surface area contributed by atoms with Crippen molar-refractivity contribution in [3.8, 4) is 17.2 Å². The SMILES string of the molecule is COc1cccc(CC(=O)NC(c2ccccc2)c2nnc(-c3ccc(Cl)cc3)o2)c1. The van der Waals surface area contributed by atoms with E-state index in [-0.39, 0.29) is 12.3 Å². The Hall–Kier alpha value is -3.64. The molecule has 1 unspecified atom stereocenters. The molecule has 1 amide bonds. The highest BCUT2D eigenvalue weighted by molar-refractivity contribution is 6.30. The van der Waals surface area contributed by atoms with E-state index < -0.39 is 6.04 Å². The van der Waals surface area contributed by atoms with Crippen LogP contribution in [0.2, 0.25) is 5.02 Å². The summed E-state index contributed by atoms with van der Waals surface area (Å²) >= 11 is 5.96. The number of aromatic nitrogens is 2. The maximum absolute atomic E-state index is 12.8. The molecule has 1 atom stereocenters. The third-order valence-electron chi connectivity index (χ3n) is 4.72. The van der Waals surface area contributed by atoms with Crippen LogP contribution >= 0.6 is 11.6 Å². The first-order valence-electron chi connectivity index (χ1n) is 9.69. The van der Waals surface area contributed by atoms with Gasteiger partial charge < -0.3 is 14.5 Å². The second kappa shape index (κ2) is 9.45. The molecule has 1 aromatic heterocycles. The van der Waals surface area contributed by atoms with E-state index in [4.69, 9.17) is 20.8 Å². The summed E-state index contributed by atoms with van der Waals surface area (Å²) in [7, 11) is 1.60. The Kier molecular flexibility index (Phi) is 6.29. The van der Waals surface area contributed by atoms with E-state index in [1.54, 1.807) is 31.4 Å². The van der Waals surface area contributed by atoms with Crippen molar-refractivity contribution in [1.82, 2.24) is 15.5 Å². The van der Waals surface area contributed by atoms with Crippen molar-refractivity contribution in [2.24, 2.45) is 0 Å². The van der Waals surface area contributed by atoms with Crippen LogP contribution in [0, 0.1) is 0 Å². The molecule has 156 valence electrons. The largest absolute Gasteiger partial charge is 0.497 e. The smallest absolute Gasteiger partial charge is 0.247 e. The average Bonchev–Trinajstić information content (AvgIpc) is 3.28. The minimum absolute atomic E-state index is 0.173. The van der Waals surface area contributed by atoms with Crippen LogP contribution in [0.4, 0.5) is 0 Å². The fourth-order valence-electron chi connectivity index (χ4n) is 3.17. The summed E-state index contributed by atoms with van der Waals surface area (Å²) in [5.74, 6) is 1.19. The molecule has 0 aliphatic rings. The monoisotopic (exact) mass is 433 g/mol. The maximum Gasteiger partial charge on any atom is 0.247 e. The van der Waals surface area contributed by atoms with Crippen LogP contribution in [-0.4, -0.2) is 23.2 Å². The van der Waals surface area contributed by atoms with Crippen LogP contribution < -0.4 is 10.1 Å². The number of hydrogen-bond donors (Lipinski definition) is 1. The van der Waals surface area contributed by atoms with Gasteiger partial charge in [0.15, 0.2) is 0 Å². The molecule has 1 heterocycles. The van der Waals surface area contributed by atoms with E-state index in [1.807, 2.05) is 54.6 Å². The van der Waals surface area contributed by atoms with Gasteiger partial charge in [-0.15, -0.1) is 10.2 Å². The summed E-state index contributed by atoms with van der Waals surface area (Å²) in [5, 5.41) is 12.0. The summed E-state index contributed by atoms with van der Waals surface area (Å²) in [6.45, 7) is 0. The Morgan fingerprint density at radius 3 is 2.55 bits per heavy atom. The lowest BCUT2D eigenvalue weighted by Crippen LogP contribution is -2.30. The molecule has 0 fully saturated rings. The Morgan fingerprint density at radius 1 is 1.03 bits per heavy atom. The van der Waals surface area contributed by atoms with E-state index in [2.05, 4.69) is 15.5 Å². The number of nitrogens with zero attached hydrogens (tertiary/aromatic N) is 2. The second-order valence-electron chi connectivity index (χ2n) is 6.89. The molecular weight excluding hydrogens is 414 g/mol. The van der Waals surface area contributed by atoms with Crippen LogP contribution in [0.25, 0.3) is 11.5 Å². The van der Waals surface area contributed by atoms with Gasteiger partial charge in [0.2, 0.25) is 17.7 Å². The normalized spacial score (nSPS) is 11.7. The Bertz CT molecular complexity index is 1160. The number of halogens is 1. The molecule has 0 aliphatic carbocycles. The van der Waals surface area contributed by atoms with Gasteiger partial charge in [0.25, 0.3) is 0 Å². The lowest BCUT2D eigenvalue weighted by molar-refractivity contribution is -0.121. The van der Waals surface area contributed by atoms with Gasteiger partial charge in [-0.25, -0.2) is 0 Å². The van der Waals surface area contributed by atoms with Gasteiger partial charge in [-0.2, -0.15) is 0 Å². The van der Waals surface area contributed by atoms with Gasteiger partial charge in [-0.05, 0) is 47.5 Å². The molecule has 6 nitrogen and oxygen atoms in total. The average molecular weight is 434 g/mol. The lowest BCUT2D eigenvalue weighted by Gasteiger charge is -2.16. The summed E-state index contributed by atoms with van der Waals surface area (Å²) in [6.07, 6.45) is 0.193. The number of carbonyl (C=O) groups excluding carboxylic acids is 1. The highest BCUT2D eigenvalue weighted by Crippen LogP contribution is 2.26. The topological polar surface area (TPSA) is 77.2 Å². The van der Waals surface area contributed by atoms with Gasteiger partial charge in [-0.3, -0.25) is 4.79 Å². The zero-order chi connectivity index (χ0) is 21.6. The molecular formula is C24H20ClN3O3. The zero-order valence-corrected chi connectivity index (χ0v) is 17.5. The number of rotatable bonds is 7. The molecule has 3 aromatic carbocycles. The first kappa shape index (κ1) is 20.6. The third-order valence-corrected chi connectivity index (χ3v) is 4.97. The van der Waals surface area contributed by atoms with E-state index in [9.17, 15) is 4.79 Å². The molecule has 0 saturated carbocycles. The summed E-state index contributed by atoms with van der Waals surface area (Å²) < 4.78 is 11.1. The van der Waals surface area contributed by atoms with E-state index in [0.717, 1.165) is 16.7 Å². The van der Waals surface area contributed by atoms with Crippen LogP contribution in [0.15, 0.2) is 83.3 Å². The Labute approximate surface area is 184 Å². The molecule has 0 radical (unpaired) electrons. The predicted molar refractivity (Wildman–Crippen MR) is 118 cm³/mol. The highest BCUT2D eigenvalue weighted by Gasteiger charge is 2.23. The minimum Gasteiger partial charge on any atom is -0.497 e. The fraction of sp³-hybridized carbons (Fsp3) is 0.125. The van der Waals surface area contributed by atoms with E-state index >= 15 is 0 Å². The molecule has 4 aromatic rings. The predicted octanol–water partition coefficient (Wildman–Crippen LogP) is 4.85. The van der Waals surface area contributed by atoms with Crippen LogP contribution in [0.1, 0.15) is 23.1 Å². The zero-order valence-electron chi connectivity index (χ0n) is 16.8. The van der Waals surface area contributed by atoms with Gasteiger partial charge in [0.05, 0.1) is 13.5 Å². The molecule has 7 heteroatoms. The molecule has 4 rings (SSSR count). The summed E-state index contributed by atoms with van der Waals surface area (Å²) in [6, 6.07) is 23.5. The van der Waals surface area contributed by atoms with E-state index in [1.165, 1.54) is 0 Å². The van der Waals surface area contributed by atoms with Crippen molar-refractivity contribution in [3.05, 3.63) is 101 Å². The molecule has 0 spiro atoms. The highest BCUT2D eigenvalue weighted by atomic mass is 35.5. The number of amides is 1. The van der Waals surface area contributed by atoms with Crippen molar-refractivity contribution < 1.29 is 13.9 Å². The lowest BCUT2D eigenvalue weighted by atomic mass is 10.1. The number of hydrogen-bond acceptors (Lipinski definition) is 5. The molecule has 0 bridgehead atoms. The molecule has 0 saturated heterocycles. The van der Waals surface area contributed by atoms with Gasteiger partial charge in [-0.1, -0.05) is 54.1 Å². The Morgan fingerprint density at radius 2 is 1.81 bits per heavy atom. The molecule has 31 heavy (non-hydrogen) atoms. The van der Waals surface area contributed by atoms with Gasteiger partial charge in [0.1, 0.15) is 11.8 Å². The van der Waals surface area contributed by atoms with Crippen molar-refractivity contribution >= 4 is 17.5 Å². The van der Waals surface area contributed by atoms with Crippen molar-refractivity contribution in [2.45, 2.75) is 12.5 Å². The number of benzene rings is 3. The second-order valence-corrected chi connectivity index (χ2v) is 7.33. The number of carbonyl (C=O) groups is 1. The van der Waals surface area contributed by atoms with Gasteiger partial charge >= 0.3 is 0 Å². The van der Waals surface area contributed by atoms with Crippen LogP contribution in [-0.2, 0) is 11.2 Å². The van der Waals surface area contributed by atoms with Crippen molar-refractivity contribution in [1.29, 1.82) is 0 Å². The standard InChI is InChI=1S/C24H20ClN3O3/c1-30-20-9-5-6-16(14-20)15-21(29)26-22(17-7-3-2-4-8-17)24-28-27-23(31-24)18-10-12-19(25)13-11-18/h2-14,22H,15H2,1H3,(H,26,29). The first-order chi connectivity index (χ1) is 15.1. The van der Waals surface area contributed by atoms with E-state index in [0.29, 0.717) is 22.6 Å². The quantitative estimate of drug-likeness (QED) is 0.451. The van der Waals surface area contributed by atoms with Gasteiger partial charge in [0, 0.05) is 10.6 Å². The molecule has 1 N–H and O–H groups in total. The number of methoxy groups -OCH3 is 1. The number of nitrogens with one attached hydrogen (secondary N) is 1. The molecule has 0 aliphatic heterocycles. The first-order valence-corrected chi connectivity index (χ1v) is 10.1. The van der Waals surface area contributed by atoms with Crippen LogP contribution in [0.3, 0.4) is 0 Å². The summed E-state index contributed by atoms with van der Waals surface area (Å²) in [5.41, 5.74) is 2.43. The minimum atomic E-state index is -0.576. The van der Waals surface area contributed by atoms with Crippen LogP contribution in [0.5, 0.6) is 5.75 Å². The van der Waals surface area contributed by atoms with Crippen molar-refractivity contribution in [2.75, 3.05) is 7.11 Å².